The first kappa shape index (κ1) is 49.9. The molecule has 0 fully saturated rings. The fourth-order valence-corrected chi connectivity index (χ4v) is 5.40. The number of anilines is 11. The number of rotatable bonds is 18. The summed E-state index contributed by atoms with van der Waals surface area (Å²) in [6.45, 7) is 8.18. The minimum atomic E-state index is -0.520. The first-order valence-corrected chi connectivity index (χ1v) is 21.4. The summed E-state index contributed by atoms with van der Waals surface area (Å²) in [6.07, 6.45) is 5.49. The number of halogens is 3. The molecule has 0 radical (unpaired) electrons. The Morgan fingerprint density at radius 3 is 1.38 bits per heavy atom. The van der Waals surface area contributed by atoms with Crippen LogP contribution in [0.4, 0.5) is 63.9 Å². The molecule has 20 nitrogen and oxygen atoms in total. The van der Waals surface area contributed by atoms with E-state index in [4.69, 9.17) is 27.5 Å². The molecule has 336 valence electrons. The van der Waals surface area contributed by atoms with Crippen LogP contribution in [0.2, 0.25) is 5.28 Å². The van der Waals surface area contributed by atoms with Crippen molar-refractivity contribution >= 4 is 107 Å². The number of hydrogen-bond donors (Lipinski definition) is 12. The zero-order valence-electron chi connectivity index (χ0n) is 34.8. The molecule has 4 heterocycles. The molecule has 0 saturated carbocycles. The summed E-state index contributed by atoms with van der Waals surface area (Å²) in [5, 5.41) is 58.3. The van der Waals surface area contributed by atoms with E-state index < -0.39 is 12.2 Å². The quantitative estimate of drug-likeness (QED) is 0.0328. The van der Waals surface area contributed by atoms with Crippen LogP contribution in [0.3, 0.4) is 0 Å². The monoisotopic (exact) mass is 1010 g/mol. The zero-order valence-corrected chi connectivity index (χ0v) is 38.7. The van der Waals surface area contributed by atoms with E-state index in [0.29, 0.717) is 64.4 Å². The van der Waals surface area contributed by atoms with Gasteiger partial charge in [0.25, 0.3) is 0 Å². The maximum absolute atomic E-state index is 9.70. The van der Waals surface area contributed by atoms with E-state index >= 15 is 0 Å². The highest BCUT2D eigenvalue weighted by Gasteiger charge is 2.14. The lowest BCUT2D eigenvalue weighted by molar-refractivity contribution is 0.177. The van der Waals surface area contributed by atoms with Gasteiger partial charge in [-0.1, -0.05) is 0 Å². The summed E-state index contributed by atoms with van der Waals surface area (Å²) in [6, 6.07) is 18.0. The first-order chi connectivity index (χ1) is 30.2. The van der Waals surface area contributed by atoms with Crippen LogP contribution in [-0.2, 0) is 0 Å². The number of nitrogens with two attached hydrogens (primary N) is 1. The maximum Gasteiger partial charge on any atom is 0.229 e. The van der Waals surface area contributed by atoms with Gasteiger partial charge >= 0.3 is 0 Å². The number of nitrogens with zero attached hydrogens (tertiary/aromatic N) is 8. The van der Waals surface area contributed by atoms with E-state index in [1.807, 2.05) is 50.2 Å². The van der Waals surface area contributed by atoms with Gasteiger partial charge in [-0.15, -0.1) is 0 Å². The summed E-state index contributed by atoms with van der Waals surface area (Å²) in [5.41, 5.74) is 8.82. The molecule has 0 aliphatic rings. The number of aromatic nitrogens is 8. The molecule has 0 saturated heterocycles. The van der Waals surface area contributed by atoms with Crippen molar-refractivity contribution in [2.24, 2.45) is 0 Å². The summed E-state index contributed by atoms with van der Waals surface area (Å²) in [4.78, 5) is 33.4. The summed E-state index contributed by atoms with van der Waals surface area (Å²) in [5.74, 6) is 3.80. The van der Waals surface area contributed by atoms with Crippen LogP contribution < -0.4 is 43.0 Å². The molecule has 0 bridgehead atoms. The van der Waals surface area contributed by atoms with Gasteiger partial charge in [0.1, 0.15) is 23.3 Å². The van der Waals surface area contributed by atoms with Crippen molar-refractivity contribution in [1.29, 1.82) is 0 Å². The molecule has 0 aliphatic carbocycles. The topological polar surface area (TPSA) is 294 Å². The van der Waals surface area contributed by atoms with Crippen LogP contribution in [0.25, 0.3) is 0 Å². The summed E-state index contributed by atoms with van der Waals surface area (Å²) >= 11 is 12.3. The highest BCUT2D eigenvalue weighted by atomic mass is 79.9. The Morgan fingerprint density at radius 2 is 0.968 bits per heavy atom. The normalized spacial score (nSPS) is 12.4. The highest BCUT2D eigenvalue weighted by Crippen LogP contribution is 2.25. The number of nitrogens with one attached hydrogen (secondary N) is 7. The van der Waals surface area contributed by atoms with Gasteiger partial charge in [-0.25, -0.2) is 24.9 Å². The Labute approximate surface area is 386 Å². The van der Waals surface area contributed by atoms with Crippen LogP contribution in [0.15, 0.2) is 94.4 Å². The maximum atomic E-state index is 9.70. The van der Waals surface area contributed by atoms with Crippen LogP contribution in [0.5, 0.6) is 0 Å². The molecule has 13 N–H and O–H groups in total. The Balaban J connectivity index is 0.000000233. The lowest BCUT2D eigenvalue weighted by Crippen LogP contribution is -2.28. The largest absolute Gasteiger partial charge is 0.399 e. The van der Waals surface area contributed by atoms with Crippen molar-refractivity contribution < 1.29 is 20.4 Å². The predicted molar refractivity (Wildman–Crippen MR) is 256 cm³/mol. The van der Waals surface area contributed by atoms with Gasteiger partial charge in [-0.05, 0) is 132 Å². The van der Waals surface area contributed by atoms with Crippen molar-refractivity contribution in [2.45, 2.75) is 52.0 Å². The summed E-state index contributed by atoms with van der Waals surface area (Å²) < 4.78 is 1.44. The SMILES string of the molecule is C[C@@H](O)[C@@H](C)Nc1nc(Nc2ccc(N)cc2)ncc1Br.C[C@@H](O)[C@@H](C)Nc1nc(Nc2ccc(Nc3nccc(NCCO)n3)cc2)ncc1Br.OCCNc1ccnc(Cl)n1. The standard InChI is InChI=1S/C20H25BrN8O2.C14H18BrN5O.C6H8ClN3O/c1-12(13(2)31)25-18-16(21)11-24-20(29-18)27-15-5-3-14(4-6-15)26-19-23-8-7-17(28-19)22-9-10-30;1-8(9(2)21)18-13-12(15)7-17-14(20-13)19-11-5-3-10(16)4-6-11;7-6-9-2-1-5(10-6)8-3-4-11/h3-8,11-13,30-31H,9-10H2,1-2H3,(H2,22,23,26,28)(H2,24,25,27,29);3-9,21H,16H2,1-2H3,(H2,17,18,19,20);1-2,11H,3-4H2,(H,8,9,10)/t12-,13-;8-,9-;/m11./s1. The molecule has 4 aromatic heterocycles. The molecule has 0 unspecified atom stereocenters. The van der Waals surface area contributed by atoms with E-state index in [0.717, 1.165) is 21.5 Å². The third-order valence-corrected chi connectivity index (χ3v) is 9.69. The van der Waals surface area contributed by atoms with Crippen molar-refractivity contribution in [3.63, 3.8) is 0 Å². The van der Waals surface area contributed by atoms with Crippen molar-refractivity contribution in [2.75, 3.05) is 69.3 Å². The molecule has 6 aromatic rings. The fourth-order valence-electron chi connectivity index (χ4n) is 4.64. The third-order valence-electron chi connectivity index (χ3n) is 8.35. The number of aliphatic hydroxyl groups excluding tert-OH is 4. The van der Waals surface area contributed by atoms with Crippen molar-refractivity contribution in [3.05, 3.63) is 99.7 Å². The van der Waals surface area contributed by atoms with Gasteiger partial charge in [0.15, 0.2) is 0 Å². The lowest BCUT2D eigenvalue weighted by atomic mass is 10.2. The molecule has 0 amide bonds. The molecule has 6 rings (SSSR count). The van der Waals surface area contributed by atoms with Crippen LogP contribution >= 0.6 is 43.5 Å². The van der Waals surface area contributed by atoms with Gasteiger partial charge in [-0.2, -0.15) is 15.0 Å². The second-order valence-corrected chi connectivity index (χ2v) is 15.5. The van der Waals surface area contributed by atoms with E-state index in [1.54, 1.807) is 62.9 Å². The lowest BCUT2D eigenvalue weighted by Gasteiger charge is -2.18. The highest BCUT2D eigenvalue weighted by molar-refractivity contribution is 9.11. The molecule has 4 atom stereocenters. The van der Waals surface area contributed by atoms with Crippen LogP contribution in [-0.4, -0.2) is 111 Å². The second kappa shape index (κ2) is 26.0. The number of hydrogen-bond acceptors (Lipinski definition) is 20. The van der Waals surface area contributed by atoms with E-state index in [1.165, 1.54) is 0 Å². The average Bonchev–Trinajstić information content (AvgIpc) is 3.26. The van der Waals surface area contributed by atoms with E-state index in [9.17, 15) is 10.2 Å². The van der Waals surface area contributed by atoms with Gasteiger partial charge in [0.2, 0.25) is 23.1 Å². The smallest absolute Gasteiger partial charge is 0.229 e. The predicted octanol–water partition coefficient (Wildman–Crippen LogP) is 6.38. The van der Waals surface area contributed by atoms with Gasteiger partial charge < -0.3 is 63.4 Å². The first-order valence-electron chi connectivity index (χ1n) is 19.4. The van der Waals surface area contributed by atoms with E-state index in [-0.39, 0.29) is 30.6 Å². The molecular weight excluding hydrogens is 964 g/mol. The molecular formula is C40H51Br2ClN16O4. The Kier molecular flexibility index (Phi) is 20.6. The number of benzene rings is 2. The number of nitrogen functional groups attached to an aromatic ring is 1. The Bertz CT molecular complexity index is 2290. The Hall–Kier alpha value is -5.75. The van der Waals surface area contributed by atoms with E-state index in [2.05, 4.69) is 109 Å². The third kappa shape index (κ3) is 17.9. The van der Waals surface area contributed by atoms with Gasteiger partial charge in [0.05, 0.1) is 46.5 Å². The molecule has 63 heavy (non-hydrogen) atoms. The fraction of sp³-hybridized carbons (Fsp3) is 0.300. The minimum absolute atomic E-state index is 0.0282. The molecule has 2 aromatic carbocycles. The zero-order chi connectivity index (χ0) is 45.7. The molecule has 0 spiro atoms. The average molecular weight is 1020 g/mol. The van der Waals surface area contributed by atoms with Crippen molar-refractivity contribution in [1.82, 2.24) is 39.9 Å². The van der Waals surface area contributed by atoms with Crippen LogP contribution in [0, 0.1) is 0 Å². The van der Waals surface area contributed by atoms with Gasteiger partial charge in [-0.3, -0.25) is 0 Å². The van der Waals surface area contributed by atoms with Crippen LogP contribution in [0.1, 0.15) is 27.7 Å². The Morgan fingerprint density at radius 1 is 0.571 bits per heavy atom. The molecule has 23 heteroatoms. The second-order valence-electron chi connectivity index (χ2n) is 13.5. The molecule has 0 aliphatic heterocycles. The van der Waals surface area contributed by atoms with Gasteiger partial charge in [0, 0.05) is 60.6 Å². The minimum Gasteiger partial charge on any atom is -0.399 e. The van der Waals surface area contributed by atoms with Crippen molar-refractivity contribution in [3.8, 4) is 0 Å². The number of aliphatic hydroxyl groups is 4. The summed E-state index contributed by atoms with van der Waals surface area (Å²) in [7, 11) is 0.